The highest BCUT2D eigenvalue weighted by atomic mass is 35.5. The summed E-state index contributed by atoms with van der Waals surface area (Å²) >= 11 is 5.12. The summed E-state index contributed by atoms with van der Waals surface area (Å²) in [6, 6.07) is 0.549. The number of pyridine rings is 1. The van der Waals surface area contributed by atoms with Crippen LogP contribution in [0.3, 0.4) is 0 Å². The third kappa shape index (κ3) is 2.30. The average Bonchev–Trinajstić information content (AvgIpc) is 2.15. The molecule has 1 rings (SSSR count). The van der Waals surface area contributed by atoms with Crippen LogP contribution in [-0.4, -0.2) is 15.1 Å². The fraction of sp³-hybridized carbons (Fsp3) is 0.250. The number of carbonyl (C=O) groups is 1. The molecule has 8 heteroatoms. The second-order valence-electron chi connectivity index (χ2n) is 2.86. The summed E-state index contributed by atoms with van der Waals surface area (Å²) in [5.74, 6) is 0. The van der Waals surface area contributed by atoms with Gasteiger partial charge in [-0.05, 0) is 18.5 Å². The van der Waals surface area contributed by atoms with Crippen molar-refractivity contribution >= 4 is 22.5 Å². The number of rotatable bonds is 3. The minimum Gasteiger partial charge on any atom is -0.275 e. The number of nitro groups is 1. The van der Waals surface area contributed by atoms with Crippen LogP contribution >= 0.6 is 11.6 Å². The Hall–Kier alpha value is -1.63. The molecular formula is C8H5ClF2N2O3. The topological polar surface area (TPSA) is 73.1 Å². The molecule has 0 unspecified atom stereocenters. The van der Waals surface area contributed by atoms with E-state index in [1.165, 1.54) is 6.92 Å². The van der Waals surface area contributed by atoms with Crippen LogP contribution in [0.5, 0.6) is 0 Å². The molecule has 0 saturated heterocycles. The first-order valence-corrected chi connectivity index (χ1v) is 4.36. The van der Waals surface area contributed by atoms with Crippen molar-refractivity contribution in [2.75, 3.05) is 0 Å². The zero-order chi connectivity index (χ0) is 12.5. The molecule has 0 fully saturated rings. The molecule has 0 radical (unpaired) electrons. The Morgan fingerprint density at radius 1 is 1.62 bits per heavy atom. The van der Waals surface area contributed by atoms with E-state index in [-0.39, 0.29) is 5.69 Å². The van der Waals surface area contributed by atoms with Crippen LogP contribution in [0.15, 0.2) is 6.07 Å². The van der Waals surface area contributed by atoms with Crippen LogP contribution in [0.1, 0.15) is 28.2 Å². The van der Waals surface area contributed by atoms with Gasteiger partial charge in [0, 0.05) is 6.07 Å². The quantitative estimate of drug-likeness (QED) is 0.469. The molecule has 1 aromatic heterocycles. The third-order valence-electron chi connectivity index (χ3n) is 1.82. The van der Waals surface area contributed by atoms with Gasteiger partial charge in [0.05, 0.1) is 10.6 Å². The number of hydrogen-bond acceptors (Lipinski definition) is 4. The average molecular weight is 251 g/mol. The van der Waals surface area contributed by atoms with Crippen molar-refractivity contribution < 1.29 is 18.5 Å². The van der Waals surface area contributed by atoms with Gasteiger partial charge in [0.2, 0.25) is 0 Å². The molecule has 1 aromatic rings. The zero-order valence-electron chi connectivity index (χ0n) is 7.91. The van der Waals surface area contributed by atoms with E-state index in [1.54, 1.807) is 0 Å². The zero-order valence-corrected chi connectivity index (χ0v) is 8.66. The van der Waals surface area contributed by atoms with E-state index in [2.05, 4.69) is 4.98 Å². The first-order chi connectivity index (χ1) is 7.34. The summed E-state index contributed by atoms with van der Waals surface area (Å²) in [4.78, 5) is 23.9. The van der Waals surface area contributed by atoms with Gasteiger partial charge in [-0.1, -0.05) is 0 Å². The lowest BCUT2D eigenvalue weighted by Crippen LogP contribution is -2.06. The van der Waals surface area contributed by atoms with Gasteiger partial charge in [-0.25, -0.2) is 8.78 Å². The van der Waals surface area contributed by atoms with Gasteiger partial charge in [0.15, 0.2) is 0 Å². The standard InChI is InChI=1S/C8H5ClF2N2O3/c1-3-6(7(9)14)5(13(15)16)2-4(12-3)8(10)11/h2,8H,1H3. The normalized spacial score (nSPS) is 10.6. The number of carbonyl (C=O) groups excluding carboxylic acids is 1. The summed E-state index contributed by atoms with van der Waals surface area (Å²) in [7, 11) is 0. The highest BCUT2D eigenvalue weighted by Crippen LogP contribution is 2.27. The predicted molar refractivity (Wildman–Crippen MR) is 50.8 cm³/mol. The molecule has 0 aliphatic rings. The molecule has 5 nitrogen and oxygen atoms in total. The summed E-state index contributed by atoms with van der Waals surface area (Å²) < 4.78 is 24.6. The van der Waals surface area contributed by atoms with Crippen LogP contribution in [-0.2, 0) is 0 Å². The molecule has 0 aromatic carbocycles. The largest absolute Gasteiger partial charge is 0.285 e. The van der Waals surface area contributed by atoms with E-state index < -0.39 is 33.5 Å². The molecule has 0 N–H and O–H groups in total. The van der Waals surface area contributed by atoms with Crippen LogP contribution in [0.25, 0.3) is 0 Å². The van der Waals surface area contributed by atoms with Crippen molar-refractivity contribution in [1.29, 1.82) is 0 Å². The SMILES string of the molecule is Cc1nc(C(F)F)cc([N+](=O)[O-])c1C(=O)Cl. The number of hydrogen-bond donors (Lipinski definition) is 0. The molecule has 16 heavy (non-hydrogen) atoms. The van der Waals surface area contributed by atoms with Gasteiger partial charge in [0.25, 0.3) is 17.4 Å². The van der Waals surface area contributed by atoms with E-state index in [0.717, 1.165) is 0 Å². The maximum absolute atomic E-state index is 12.3. The Labute approximate surface area is 93.2 Å². The molecule has 0 spiro atoms. The Morgan fingerprint density at radius 2 is 2.19 bits per heavy atom. The van der Waals surface area contributed by atoms with Crippen molar-refractivity contribution in [1.82, 2.24) is 4.98 Å². The van der Waals surface area contributed by atoms with Gasteiger partial charge in [-0.2, -0.15) is 0 Å². The van der Waals surface area contributed by atoms with Crippen LogP contribution in [0.4, 0.5) is 14.5 Å². The fourth-order valence-electron chi connectivity index (χ4n) is 1.18. The lowest BCUT2D eigenvalue weighted by atomic mass is 10.1. The van der Waals surface area contributed by atoms with Crippen molar-refractivity contribution in [3.8, 4) is 0 Å². The Morgan fingerprint density at radius 3 is 2.56 bits per heavy atom. The minimum atomic E-state index is -2.95. The monoisotopic (exact) mass is 250 g/mol. The number of alkyl halides is 2. The molecule has 0 aliphatic carbocycles. The van der Waals surface area contributed by atoms with Crippen LogP contribution in [0, 0.1) is 17.0 Å². The number of nitrogens with zero attached hydrogens (tertiary/aromatic N) is 2. The maximum atomic E-state index is 12.3. The molecule has 1 heterocycles. The van der Waals surface area contributed by atoms with E-state index >= 15 is 0 Å². The summed E-state index contributed by atoms with van der Waals surface area (Å²) in [6.45, 7) is 1.20. The van der Waals surface area contributed by atoms with Crippen molar-refractivity contribution in [3.05, 3.63) is 33.1 Å². The summed E-state index contributed by atoms with van der Waals surface area (Å²) in [5.41, 5.74) is -2.17. The van der Waals surface area contributed by atoms with Crippen LogP contribution in [0.2, 0.25) is 0 Å². The van der Waals surface area contributed by atoms with Crippen molar-refractivity contribution in [2.45, 2.75) is 13.3 Å². The van der Waals surface area contributed by atoms with E-state index in [4.69, 9.17) is 11.6 Å². The first-order valence-electron chi connectivity index (χ1n) is 3.98. The third-order valence-corrected chi connectivity index (χ3v) is 2.01. The number of aryl methyl sites for hydroxylation is 1. The lowest BCUT2D eigenvalue weighted by molar-refractivity contribution is -0.385. The van der Waals surface area contributed by atoms with Gasteiger partial charge in [-0.15, -0.1) is 0 Å². The molecule has 0 amide bonds. The second-order valence-corrected chi connectivity index (χ2v) is 3.20. The fourth-order valence-corrected chi connectivity index (χ4v) is 1.41. The molecule has 0 bridgehead atoms. The van der Waals surface area contributed by atoms with Crippen molar-refractivity contribution in [2.24, 2.45) is 0 Å². The minimum absolute atomic E-state index is 0.190. The molecule has 86 valence electrons. The number of halogens is 3. The lowest BCUT2D eigenvalue weighted by Gasteiger charge is -2.05. The van der Waals surface area contributed by atoms with Gasteiger partial charge >= 0.3 is 0 Å². The Balaban J connectivity index is 3.52. The first kappa shape index (κ1) is 12.4. The number of aromatic nitrogens is 1. The van der Waals surface area contributed by atoms with Crippen LogP contribution < -0.4 is 0 Å². The van der Waals surface area contributed by atoms with E-state index in [0.29, 0.717) is 6.07 Å². The smallest absolute Gasteiger partial charge is 0.275 e. The summed E-state index contributed by atoms with van der Waals surface area (Å²) in [5, 5.41) is 9.48. The predicted octanol–water partition coefficient (Wildman–Crippen LogP) is 2.61. The second kappa shape index (κ2) is 4.48. The summed E-state index contributed by atoms with van der Waals surface area (Å²) in [6.07, 6.45) is -2.95. The Kier molecular flexibility index (Phi) is 3.48. The van der Waals surface area contributed by atoms with Gasteiger partial charge in [0.1, 0.15) is 11.3 Å². The maximum Gasteiger partial charge on any atom is 0.285 e. The molecule has 0 atom stereocenters. The molecule has 0 aliphatic heterocycles. The Bertz CT molecular complexity index is 465. The highest BCUT2D eigenvalue weighted by molar-refractivity contribution is 6.68. The van der Waals surface area contributed by atoms with E-state index in [9.17, 15) is 23.7 Å². The van der Waals surface area contributed by atoms with Gasteiger partial charge in [-0.3, -0.25) is 19.9 Å². The molecular weight excluding hydrogens is 246 g/mol. The van der Waals surface area contributed by atoms with E-state index in [1.807, 2.05) is 0 Å². The highest BCUT2D eigenvalue weighted by Gasteiger charge is 2.25. The van der Waals surface area contributed by atoms with Gasteiger partial charge < -0.3 is 0 Å². The van der Waals surface area contributed by atoms with Crippen molar-refractivity contribution in [3.63, 3.8) is 0 Å². The molecule has 0 saturated carbocycles.